The molecule has 136 valence electrons. The maximum absolute atomic E-state index is 10.4. The Morgan fingerprint density at radius 3 is 2.67 bits per heavy atom. The van der Waals surface area contributed by atoms with Gasteiger partial charge in [0.15, 0.2) is 0 Å². The maximum atomic E-state index is 10.4. The monoisotopic (exact) mass is 335 g/mol. The standard InChI is InChI=1S/C19H33N3O2/c1-5-22-14-20-12-15(22)13-21-8-6-19(7-9-21)11-16(23)10-17(24-19)18(2,3)4/h12,14,16-17,23H,5-11,13H2,1-4H3/t16-,17-/m1/s1. The average molecular weight is 335 g/mol. The Balaban J connectivity index is 1.61. The van der Waals surface area contributed by atoms with Gasteiger partial charge in [-0.25, -0.2) is 4.98 Å². The number of likely N-dealkylation sites (tertiary alicyclic amines) is 1. The van der Waals surface area contributed by atoms with Gasteiger partial charge in [-0.15, -0.1) is 0 Å². The number of piperidine rings is 1. The third-order valence-corrected chi connectivity index (χ3v) is 5.74. The number of aliphatic hydroxyl groups is 1. The summed E-state index contributed by atoms with van der Waals surface area (Å²) in [5, 5.41) is 10.4. The van der Waals surface area contributed by atoms with Crippen molar-refractivity contribution in [3.8, 4) is 0 Å². The molecule has 5 nitrogen and oxygen atoms in total. The largest absolute Gasteiger partial charge is 0.393 e. The van der Waals surface area contributed by atoms with Crippen LogP contribution in [-0.2, 0) is 17.8 Å². The molecular weight excluding hydrogens is 302 g/mol. The highest BCUT2D eigenvalue weighted by Gasteiger charge is 2.46. The normalized spacial score (nSPS) is 28.4. The number of imidazole rings is 1. The van der Waals surface area contributed by atoms with Crippen molar-refractivity contribution < 1.29 is 9.84 Å². The highest BCUT2D eigenvalue weighted by atomic mass is 16.5. The number of nitrogens with zero attached hydrogens (tertiary/aromatic N) is 3. The van der Waals surface area contributed by atoms with Gasteiger partial charge in [-0.05, 0) is 25.2 Å². The summed E-state index contributed by atoms with van der Waals surface area (Å²) in [6.45, 7) is 12.8. The van der Waals surface area contributed by atoms with E-state index in [9.17, 15) is 5.11 Å². The van der Waals surface area contributed by atoms with Crippen molar-refractivity contribution in [1.82, 2.24) is 14.5 Å². The molecule has 24 heavy (non-hydrogen) atoms. The number of hydrogen-bond acceptors (Lipinski definition) is 4. The second-order valence-corrected chi connectivity index (χ2v) is 8.70. The zero-order valence-corrected chi connectivity index (χ0v) is 15.7. The third kappa shape index (κ3) is 3.84. The molecule has 2 aliphatic rings. The van der Waals surface area contributed by atoms with Crippen molar-refractivity contribution >= 4 is 0 Å². The first kappa shape index (κ1) is 17.9. The van der Waals surface area contributed by atoms with E-state index in [2.05, 4.69) is 42.1 Å². The van der Waals surface area contributed by atoms with Gasteiger partial charge in [0, 0.05) is 45.2 Å². The first-order chi connectivity index (χ1) is 11.3. The van der Waals surface area contributed by atoms with E-state index in [1.807, 2.05) is 12.5 Å². The Bertz CT molecular complexity index is 541. The van der Waals surface area contributed by atoms with Crippen LogP contribution < -0.4 is 0 Å². The minimum Gasteiger partial charge on any atom is -0.393 e. The van der Waals surface area contributed by atoms with E-state index in [1.54, 1.807) is 0 Å². The second-order valence-electron chi connectivity index (χ2n) is 8.70. The molecule has 2 aliphatic heterocycles. The van der Waals surface area contributed by atoms with Gasteiger partial charge in [0.1, 0.15) is 0 Å². The lowest BCUT2D eigenvalue weighted by molar-refractivity contribution is -0.208. The molecular formula is C19H33N3O2. The highest BCUT2D eigenvalue weighted by Crippen LogP contribution is 2.42. The lowest BCUT2D eigenvalue weighted by atomic mass is 9.76. The lowest BCUT2D eigenvalue weighted by Gasteiger charge is -2.50. The fraction of sp³-hybridized carbons (Fsp3) is 0.842. The second kappa shape index (κ2) is 6.77. The first-order valence-electron chi connectivity index (χ1n) is 9.38. The molecule has 2 saturated heterocycles. The molecule has 0 radical (unpaired) electrons. The fourth-order valence-corrected chi connectivity index (χ4v) is 4.12. The molecule has 5 heteroatoms. The molecule has 3 heterocycles. The Labute approximate surface area is 146 Å². The topological polar surface area (TPSA) is 50.5 Å². The van der Waals surface area contributed by atoms with Crippen LogP contribution >= 0.6 is 0 Å². The van der Waals surface area contributed by atoms with Crippen molar-refractivity contribution in [3.05, 3.63) is 18.2 Å². The van der Waals surface area contributed by atoms with Gasteiger partial charge in [-0.2, -0.15) is 0 Å². The van der Waals surface area contributed by atoms with Crippen molar-refractivity contribution in [1.29, 1.82) is 0 Å². The quantitative estimate of drug-likeness (QED) is 0.923. The van der Waals surface area contributed by atoms with Crippen LogP contribution in [0.3, 0.4) is 0 Å². The van der Waals surface area contributed by atoms with Crippen molar-refractivity contribution in [2.24, 2.45) is 5.41 Å². The third-order valence-electron chi connectivity index (χ3n) is 5.74. The smallest absolute Gasteiger partial charge is 0.0948 e. The van der Waals surface area contributed by atoms with Gasteiger partial charge in [-0.1, -0.05) is 20.8 Å². The summed E-state index contributed by atoms with van der Waals surface area (Å²) < 4.78 is 8.78. The number of aliphatic hydroxyl groups excluding tert-OH is 1. The molecule has 1 aromatic rings. The first-order valence-corrected chi connectivity index (χ1v) is 9.38. The van der Waals surface area contributed by atoms with Crippen LogP contribution in [0.1, 0.15) is 59.1 Å². The van der Waals surface area contributed by atoms with E-state index in [-0.39, 0.29) is 23.2 Å². The maximum Gasteiger partial charge on any atom is 0.0948 e. The average Bonchev–Trinajstić information content (AvgIpc) is 2.95. The van der Waals surface area contributed by atoms with Gasteiger partial charge in [-0.3, -0.25) is 4.90 Å². The molecule has 2 atom stereocenters. The SMILES string of the molecule is CCn1cncc1CN1CCC2(CC1)C[C@H](O)C[C@H](C(C)(C)C)O2. The Morgan fingerprint density at radius 1 is 1.33 bits per heavy atom. The molecule has 0 unspecified atom stereocenters. The van der Waals surface area contributed by atoms with Crippen LogP contribution in [0, 0.1) is 5.41 Å². The van der Waals surface area contributed by atoms with Crippen molar-refractivity contribution in [3.63, 3.8) is 0 Å². The van der Waals surface area contributed by atoms with Crippen LogP contribution in [-0.4, -0.2) is 50.5 Å². The molecule has 2 fully saturated rings. The number of hydrogen-bond donors (Lipinski definition) is 1. The summed E-state index contributed by atoms with van der Waals surface area (Å²) in [6.07, 6.45) is 7.39. The Hall–Kier alpha value is -0.910. The number of ether oxygens (including phenoxy) is 1. The summed E-state index contributed by atoms with van der Waals surface area (Å²) in [7, 11) is 0. The molecule has 1 spiro atoms. The van der Waals surface area contributed by atoms with Crippen molar-refractivity contribution in [2.45, 2.75) is 84.3 Å². The van der Waals surface area contributed by atoms with E-state index in [0.29, 0.717) is 0 Å². The lowest BCUT2D eigenvalue weighted by Crippen LogP contribution is -2.55. The van der Waals surface area contributed by atoms with E-state index in [1.165, 1.54) is 5.69 Å². The molecule has 0 bridgehead atoms. The van der Waals surface area contributed by atoms with Gasteiger partial charge in [0.2, 0.25) is 0 Å². The summed E-state index contributed by atoms with van der Waals surface area (Å²) >= 11 is 0. The minimum absolute atomic E-state index is 0.0825. The molecule has 1 N–H and O–H groups in total. The van der Waals surface area contributed by atoms with Crippen LogP contribution in [0.15, 0.2) is 12.5 Å². The summed E-state index contributed by atoms with van der Waals surface area (Å²) in [4.78, 5) is 6.76. The predicted molar refractivity (Wildman–Crippen MR) is 94.7 cm³/mol. The Morgan fingerprint density at radius 2 is 2.04 bits per heavy atom. The molecule has 0 amide bonds. The van der Waals surface area contributed by atoms with Gasteiger partial charge in [0.25, 0.3) is 0 Å². The molecule has 0 aromatic carbocycles. The molecule has 3 rings (SSSR count). The fourth-order valence-electron chi connectivity index (χ4n) is 4.12. The number of aromatic nitrogens is 2. The number of aryl methyl sites for hydroxylation is 1. The van der Waals surface area contributed by atoms with Crippen molar-refractivity contribution in [2.75, 3.05) is 13.1 Å². The van der Waals surface area contributed by atoms with E-state index >= 15 is 0 Å². The van der Waals surface area contributed by atoms with E-state index < -0.39 is 0 Å². The van der Waals surface area contributed by atoms with Crippen LogP contribution in [0.25, 0.3) is 0 Å². The molecule has 0 aliphatic carbocycles. The predicted octanol–water partition coefficient (Wildman–Crippen LogP) is 2.82. The molecule has 1 aromatic heterocycles. The summed E-state index contributed by atoms with van der Waals surface area (Å²) in [5.41, 5.74) is 1.24. The van der Waals surface area contributed by atoms with Crippen LogP contribution in [0.4, 0.5) is 0 Å². The summed E-state index contributed by atoms with van der Waals surface area (Å²) in [6, 6.07) is 0. The number of rotatable bonds is 3. The van der Waals surface area contributed by atoms with Gasteiger partial charge in [0.05, 0.1) is 29.8 Å². The van der Waals surface area contributed by atoms with Gasteiger partial charge >= 0.3 is 0 Å². The van der Waals surface area contributed by atoms with Crippen LogP contribution in [0.5, 0.6) is 0 Å². The van der Waals surface area contributed by atoms with Gasteiger partial charge < -0.3 is 14.4 Å². The zero-order valence-electron chi connectivity index (χ0n) is 15.7. The Kier molecular flexibility index (Phi) is 5.05. The van der Waals surface area contributed by atoms with Crippen LogP contribution in [0.2, 0.25) is 0 Å². The summed E-state index contributed by atoms with van der Waals surface area (Å²) in [5.74, 6) is 0. The van der Waals surface area contributed by atoms with E-state index in [4.69, 9.17) is 4.74 Å². The zero-order chi connectivity index (χ0) is 17.4. The minimum atomic E-state index is -0.226. The highest BCUT2D eigenvalue weighted by molar-refractivity contribution is 5.01. The van der Waals surface area contributed by atoms with E-state index in [0.717, 1.165) is 51.9 Å². The molecule has 0 saturated carbocycles.